The van der Waals surface area contributed by atoms with Crippen molar-refractivity contribution in [2.45, 2.75) is 32.9 Å². The van der Waals surface area contributed by atoms with Crippen LogP contribution in [0.4, 0.5) is 10.5 Å². The van der Waals surface area contributed by atoms with Crippen molar-refractivity contribution in [3.63, 3.8) is 0 Å². The predicted octanol–water partition coefficient (Wildman–Crippen LogP) is 3.24. The molecule has 2 aromatic rings. The van der Waals surface area contributed by atoms with E-state index in [0.717, 1.165) is 4.90 Å². The molecular formula is C21H21N3O8. The summed E-state index contributed by atoms with van der Waals surface area (Å²) in [5.41, 5.74) is -0.848. The van der Waals surface area contributed by atoms with Gasteiger partial charge in [-0.05, 0) is 39.0 Å². The Kier molecular flexibility index (Phi) is 6.01. The number of methoxy groups -OCH3 is 1. The monoisotopic (exact) mass is 443 g/mol. The van der Waals surface area contributed by atoms with E-state index < -0.39 is 28.4 Å². The highest BCUT2D eigenvalue weighted by molar-refractivity contribution is 6.14. The number of carbonyl (C=O) groups excluding carboxylic acids is 3. The second-order valence-corrected chi connectivity index (χ2v) is 7.80. The zero-order valence-electron chi connectivity index (χ0n) is 17.8. The Morgan fingerprint density at radius 3 is 2.59 bits per heavy atom. The second kappa shape index (κ2) is 8.53. The fraction of sp³-hybridized carbons (Fsp3) is 0.286. The lowest BCUT2D eigenvalue weighted by Gasteiger charge is -2.22. The number of rotatable bonds is 6. The number of urea groups is 1. The lowest BCUT2D eigenvalue weighted by molar-refractivity contribution is -0.386. The number of ether oxygens (including phenoxy) is 2. The Morgan fingerprint density at radius 2 is 1.97 bits per heavy atom. The number of benzene rings is 1. The Balaban J connectivity index is 1.90. The summed E-state index contributed by atoms with van der Waals surface area (Å²) < 4.78 is 15.6. The number of hydrogen-bond acceptors (Lipinski definition) is 8. The molecule has 11 heteroatoms. The van der Waals surface area contributed by atoms with E-state index in [0.29, 0.717) is 0 Å². The molecule has 1 fully saturated rings. The van der Waals surface area contributed by atoms with E-state index in [1.807, 2.05) is 0 Å². The summed E-state index contributed by atoms with van der Waals surface area (Å²) in [5, 5.41) is 13.9. The first-order valence-corrected chi connectivity index (χ1v) is 9.48. The van der Waals surface area contributed by atoms with E-state index in [2.05, 4.69) is 10.1 Å². The van der Waals surface area contributed by atoms with Crippen LogP contribution in [0.25, 0.3) is 6.08 Å². The number of furan rings is 1. The van der Waals surface area contributed by atoms with Gasteiger partial charge in [-0.15, -0.1) is 0 Å². The van der Waals surface area contributed by atoms with Gasteiger partial charge in [-0.2, -0.15) is 0 Å². The molecule has 2 heterocycles. The fourth-order valence-corrected chi connectivity index (χ4v) is 2.92. The molecule has 1 aromatic heterocycles. The molecule has 0 radical (unpaired) electrons. The molecule has 0 atom stereocenters. The lowest BCUT2D eigenvalue weighted by Crippen LogP contribution is -2.30. The summed E-state index contributed by atoms with van der Waals surface area (Å²) in [7, 11) is 1.20. The van der Waals surface area contributed by atoms with E-state index in [4.69, 9.17) is 9.15 Å². The molecule has 0 unspecified atom stereocenters. The van der Waals surface area contributed by atoms with Crippen LogP contribution in [0.5, 0.6) is 5.75 Å². The molecular weight excluding hydrogens is 422 g/mol. The summed E-state index contributed by atoms with van der Waals surface area (Å²) in [4.78, 5) is 48.4. The van der Waals surface area contributed by atoms with Gasteiger partial charge < -0.3 is 19.2 Å². The quantitative estimate of drug-likeness (QED) is 0.236. The molecule has 11 nitrogen and oxygen atoms in total. The minimum Gasteiger partial charge on any atom is -0.481 e. The Hall–Kier alpha value is -4.15. The van der Waals surface area contributed by atoms with E-state index in [1.165, 1.54) is 37.5 Å². The molecule has 1 saturated heterocycles. The first kappa shape index (κ1) is 22.5. The van der Waals surface area contributed by atoms with Crippen LogP contribution in [-0.4, -0.2) is 40.4 Å². The van der Waals surface area contributed by atoms with Crippen LogP contribution in [0.3, 0.4) is 0 Å². The van der Waals surface area contributed by atoms with Crippen molar-refractivity contribution in [1.82, 2.24) is 10.2 Å². The van der Waals surface area contributed by atoms with Gasteiger partial charge in [0.2, 0.25) is 11.5 Å². The normalized spacial score (nSPS) is 15.1. The summed E-state index contributed by atoms with van der Waals surface area (Å²) in [6, 6.07) is 6.40. The molecule has 0 aliphatic carbocycles. The average molecular weight is 443 g/mol. The second-order valence-electron chi connectivity index (χ2n) is 7.80. The van der Waals surface area contributed by atoms with Crippen LogP contribution >= 0.6 is 0 Å². The summed E-state index contributed by atoms with van der Waals surface area (Å²) >= 11 is 0. The highest BCUT2D eigenvalue weighted by Crippen LogP contribution is 2.35. The molecule has 3 amide bonds. The first-order chi connectivity index (χ1) is 15.0. The standard InChI is InChI=1S/C21H21N3O8/c1-21(2,3)32-17-12(6-5-7-15(17)24(28)29)10-14-18(25)23(20(27)22-14)11-13-8-9-16(31-13)19(26)30-4/h5-10H,11H2,1-4H3,(H,22,27). The molecule has 1 aliphatic rings. The van der Waals surface area contributed by atoms with Gasteiger partial charge in [0.05, 0.1) is 18.6 Å². The minimum absolute atomic E-state index is 0.0215. The summed E-state index contributed by atoms with van der Waals surface area (Å²) in [6.07, 6.45) is 1.32. The molecule has 1 aliphatic heterocycles. The number of nitro benzene ring substituents is 1. The van der Waals surface area contributed by atoms with Crippen LogP contribution in [0.2, 0.25) is 0 Å². The number of para-hydroxylation sites is 1. The minimum atomic E-state index is -0.745. The van der Waals surface area contributed by atoms with Crippen molar-refractivity contribution in [3.05, 3.63) is 63.2 Å². The number of nitrogens with zero attached hydrogens (tertiary/aromatic N) is 2. The van der Waals surface area contributed by atoms with Crippen molar-refractivity contribution >= 4 is 29.7 Å². The predicted molar refractivity (Wildman–Crippen MR) is 111 cm³/mol. The molecule has 1 N–H and O–H groups in total. The molecule has 0 spiro atoms. The van der Waals surface area contributed by atoms with Crippen LogP contribution in [0, 0.1) is 10.1 Å². The van der Waals surface area contributed by atoms with Crippen LogP contribution < -0.4 is 10.1 Å². The van der Waals surface area contributed by atoms with Gasteiger partial charge in [0, 0.05) is 11.6 Å². The Labute approximate surface area is 182 Å². The highest BCUT2D eigenvalue weighted by Gasteiger charge is 2.35. The van der Waals surface area contributed by atoms with Gasteiger partial charge in [-0.3, -0.25) is 19.8 Å². The van der Waals surface area contributed by atoms with Crippen LogP contribution in [-0.2, 0) is 16.1 Å². The third kappa shape index (κ3) is 4.77. The van der Waals surface area contributed by atoms with Crippen LogP contribution in [0.15, 0.2) is 40.4 Å². The maximum atomic E-state index is 12.8. The number of carbonyl (C=O) groups is 3. The van der Waals surface area contributed by atoms with Gasteiger partial charge >= 0.3 is 17.7 Å². The molecule has 3 rings (SSSR count). The number of nitro groups is 1. The van der Waals surface area contributed by atoms with E-state index in [9.17, 15) is 24.5 Å². The molecule has 32 heavy (non-hydrogen) atoms. The van der Waals surface area contributed by atoms with Gasteiger partial charge in [0.25, 0.3) is 5.91 Å². The van der Waals surface area contributed by atoms with Crippen molar-refractivity contribution < 1.29 is 33.2 Å². The summed E-state index contributed by atoms with van der Waals surface area (Å²) in [6.45, 7) is 4.98. The van der Waals surface area contributed by atoms with Crippen molar-refractivity contribution in [2.24, 2.45) is 0 Å². The van der Waals surface area contributed by atoms with Crippen molar-refractivity contribution in [3.8, 4) is 5.75 Å². The maximum absolute atomic E-state index is 12.8. The topological polar surface area (TPSA) is 141 Å². The zero-order chi connectivity index (χ0) is 23.6. The Bertz CT molecular complexity index is 1130. The third-order valence-electron chi connectivity index (χ3n) is 4.25. The van der Waals surface area contributed by atoms with Crippen molar-refractivity contribution in [1.29, 1.82) is 0 Å². The van der Waals surface area contributed by atoms with Crippen molar-refractivity contribution in [2.75, 3.05) is 7.11 Å². The van der Waals surface area contributed by atoms with Gasteiger partial charge in [0.1, 0.15) is 17.1 Å². The van der Waals surface area contributed by atoms with E-state index in [1.54, 1.807) is 26.8 Å². The number of hydrogen-bond donors (Lipinski definition) is 1. The van der Waals surface area contributed by atoms with Gasteiger partial charge in [0.15, 0.2) is 0 Å². The average Bonchev–Trinajstić information content (AvgIpc) is 3.28. The fourth-order valence-electron chi connectivity index (χ4n) is 2.92. The number of nitrogens with one attached hydrogen (secondary N) is 1. The van der Waals surface area contributed by atoms with Gasteiger partial charge in [-0.1, -0.05) is 12.1 Å². The zero-order valence-corrected chi connectivity index (χ0v) is 17.8. The Morgan fingerprint density at radius 1 is 1.25 bits per heavy atom. The third-order valence-corrected chi connectivity index (χ3v) is 4.25. The number of amides is 3. The van der Waals surface area contributed by atoms with E-state index >= 15 is 0 Å². The molecule has 168 valence electrons. The SMILES string of the molecule is COC(=O)c1ccc(CN2C(=O)NC(=Cc3cccc([N+](=O)[O-])c3OC(C)(C)C)C2=O)o1. The van der Waals surface area contributed by atoms with E-state index in [-0.39, 0.29) is 40.8 Å². The first-order valence-electron chi connectivity index (χ1n) is 9.48. The molecule has 1 aromatic carbocycles. The molecule has 0 bridgehead atoms. The lowest BCUT2D eigenvalue weighted by atomic mass is 10.1. The number of esters is 1. The maximum Gasteiger partial charge on any atom is 0.373 e. The highest BCUT2D eigenvalue weighted by atomic mass is 16.6. The smallest absolute Gasteiger partial charge is 0.373 e. The number of imide groups is 1. The van der Waals surface area contributed by atoms with Gasteiger partial charge in [-0.25, -0.2) is 9.59 Å². The summed E-state index contributed by atoms with van der Waals surface area (Å²) in [5.74, 6) is -1.25. The largest absolute Gasteiger partial charge is 0.481 e. The van der Waals surface area contributed by atoms with Crippen LogP contribution in [0.1, 0.15) is 42.6 Å². The molecule has 0 saturated carbocycles.